The van der Waals surface area contributed by atoms with Crippen molar-refractivity contribution in [2.45, 2.75) is 23.9 Å². The maximum absolute atomic E-state index is 13.5. The molecule has 0 bridgehead atoms. The van der Waals surface area contributed by atoms with Crippen LogP contribution in [0.2, 0.25) is 0 Å². The Kier molecular flexibility index (Phi) is 6.36. The van der Waals surface area contributed by atoms with Crippen LogP contribution in [-0.4, -0.2) is 46.1 Å². The number of rotatable bonds is 7. The van der Waals surface area contributed by atoms with Crippen molar-refractivity contribution in [1.29, 1.82) is 0 Å². The minimum absolute atomic E-state index is 0.183. The lowest BCUT2D eigenvalue weighted by molar-refractivity contribution is -0.392. The number of allylic oxidation sites excluding steroid dienone is 1. The van der Waals surface area contributed by atoms with Crippen molar-refractivity contribution >= 4 is 11.9 Å². The molecule has 0 spiro atoms. The van der Waals surface area contributed by atoms with Crippen molar-refractivity contribution in [1.82, 2.24) is 0 Å². The van der Waals surface area contributed by atoms with Crippen LogP contribution in [0.15, 0.2) is 30.0 Å². The van der Waals surface area contributed by atoms with Crippen LogP contribution in [0, 0.1) is 0 Å². The number of alkyl halides is 9. The van der Waals surface area contributed by atoms with E-state index in [2.05, 4.69) is 4.74 Å². The molecule has 0 saturated heterocycles. The van der Waals surface area contributed by atoms with Gasteiger partial charge >= 0.3 is 41.9 Å². The van der Waals surface area contributed by atoms with Crippen LogP contribution in [-0.2, 0) is 0 Å². The third kappa shape index (κ3) is 4.25. The van der Waals surface area contributed by atoms with Crippen LogP contribution in [0.25, 0.3) is 0 Å². The summed E-state index contributed by atoms with van der Waals surface area (Å²) >= 11 is 0. The van der Waals surface area contributed by atoms with Gasteiger partial charge in [-0.15, -0.1) is 0 Å². The molecule has 5 nitrogen and oxygen atoms in total. The molecule has 0 radical (unpaired) electrons. The van der Waals surface area contributed by atoms with E-state index in [0.717, 1.165) is 0 Å². The van der Waals surface area contributed by atoms with Crippen molar-refractivity contribution in [2.24, 2.45) is 0 Å². The fraction of sp³-hybridized carbons (Fsp3) is 0.286. The second kappa shape index (κ2) is 7.64. The second-order valence-electron chi connectivity index (χ2n) is 5.27. The molecule has 0 fully saturated rings. The first-order valence-corrected chi connectivity index (χ1v) is 6.82. The SMILES string of the molecule is O=C(O)c1cc(OC(F)=C(F)C(F)(F)C(F)(F)C(F)(F)C(F)(F)F)cc(C(=O)O)c1. The number of ether oxygens (including phenoxy) is 1. The molecule has 2 N–H and O–H groups in total. The quantitative estimate of drug-likeness (QED) is 0.439. The molecule has 1 aromatic carbocycles. The number of aromatic carboxylic acids is 2. The van der Waals surface area contributed by atoms with Gasteiger partial charge in [0.25, 0.3) is 0 Å². The lowest BCUT2D eigenvalue weighted by Crippen LogP contribution is -2.61. The third-order valence-corrected chi connectivity index (χ3v) is 3.20. The number of halogens is 11. The summed E-state index contributed by atoms with van der Waals surface area (Å²) in [5, 5.41) is 17.4. The van der Waals surface area contributed by atoms with E-state index in [1.54, 1.807) is 0 Å². The van der Waals surface area contributed by atoms with E-state index >= 15 is 0 Å². The number of benzene rings is 1. The topological polar surface area (TPSA) is 83.8 Å². The van der Waals surface area contributed by atoms with Gasteiger partial charge in [-0.05, 0) is 18.2 Å². The van der Waals surface area contributed by atoms with Gasteiger partial charge in [0, 0.05) is 0 Å². The zero-order valence-electron chi connectivity index (χ0n) is 13.5. The monoisotopic (exact) mass is 462 g/mol. The van der Waals surface area contributed by atoms with Gasteiger partial charge in [0.1, 0.15) is 5.75 Å². The van der Waals surface area contributed by atoms with E-state index in [-0.39, 0.29) is 12.1 Å². The molecule has 16 heteroatoms. The van der Waals surface area contributed by atoms with Gasteiger partial charge in [0.05, 0.1) is 11.1 Å². The van der Waals surface area contributed by atoms with Crippen LogP contribution in [0.1, 0.15) is 20.7 Å². The molecule has 0 unspecified atom stereocenters. The molecule has 1 aromatic rings. The summed E-state index contributed by atoms with van der Waals surface area (Å²) in [7, 11) is 0. The second-order valence-corrected chi connectivity index (χ2v) is 5.27. The average molecular weight is 462 g/mol. The fourth-order valence-corrected chi connectivity index (χ4v) is 1.69. The summed E-state index contributed by atoms with van der Waals surface area (Å²) < 4.78 is 145. The summed E-state index contributed by atoms with van der Waals surface area (Å²) in [4.78, 5) is 21.6. The van der Waals surface area contributed by atoms with Crippen molar-refractivity contribution in [2.75, 3.05) is 0 Å². The van der Waals surface area contributed by atoms with Crippen LogP contribution in [0.5, 0.6) is 5.75 Å². The first-order chi connectivity index (χ1) is 13.3. The molecule has 30 heavy (non-hydrogen) atoms. The van der Waals surface area contributed by atoms with Gasteiger partial charge in [-0.2, -0.15) is 48.3 Å². The first kappa shape index (κ1) is 25.0. The summed E-state index contributed by atoms with van der Waals surface area (Å²) in [6.07, 6.45) is -7.29. The predicted octanol–water partition coefficient (Wildman–Crippen LogP) is 5.04. The predicted molar refractivity (Wildman–Crippen MR) is 71.1 cm³/mol. The van der Waals surface area contributed by atoms with Crippen molar-refractivity contribution in [3.05, 3.63) is 41.2 Å². The van der Waals surface area contributed by atoms with Gasteiger partial charge in [-0.3, -0.25) is 0 Å². The highest BCUT2D eigenvalue weighted by Crippen LogP contribution is 2.55. The summed E-state index contributed by atoms with van der Waals surface area (Å²) in [6, 6.07) is -2.68. The summed E-state index contributed by atoms with van der Waals surface area (Å²) in [6.45, 7) is 0. The number of hydrogen-bond acceptors (Lipinski definition) is 3. The van der Waals surface area contributed by atoms with Crippen molar-refractivity contribution in [3.8, 4) is 5.75 Å². The molecule has 0 aromatic heterocycles. The Hall–Kier alpha value is -3.07. The normalized spacial score (nSPS) is 14.2. The van der Waals surface area contributed by atoms with Gasteiger partial charge in [-0.25, -0.2) is 9.59 Å². The van der Waals surface area contributed by atoms with Crippen LogP contribution < -0.4 is 4.74 Å². The highest BCUT2D eigenvalue weighted by atomic mass is 19.4. The standard InChI is InChI=1S/C14H5F11O5/c15-7(11(17,18)12(19,20)13(21,22)14(23,24)25)8(16)30-6-2-4(9(26)27)1-5(3-6)10(28)29/h1-3H,(H,26,27)(H,28,29). The zero-order chi connectivity index (χ0) is 23.9. The Morgan fingerprint density at radius 2 is 1.13 bits per heavy atom. The molecule has 0 amide bonds. The van der Waals surface area contributed by atoms with E-state index in [0.29, 0.717) is 6.07 Å². The summed E-state index contributed by atoms with van der Waals surface area (Å²) in [5.74, 6) is -31.6. The summed E-state index contributed by atoms with van der Waals surface area (Å²) in [5.41, 5.74) is -2.03. The highest BCUT2D eigenvalue weighted by molar-refractivity contribution is 5.94. The lowest BCUT2D eigenvalue weighted by atomic mass is 10.0. The molecule has 168 valence electrons. The van der Waals surface area contributed by atoms with Gasteiger partial charge in [0.2, 0.25) is 5.83 Å². The van der Waals surface area contributed by atoms with Crippen molar-refractivity contribution in [3.63, 3.8) is 0 Å². The molecule has 0 aliphatic heterocycles. The Morgan fingerprint density at radius 1 is 0.733 bits per heavy atom. The minimum atomic E-state index is -7.53. The molecular weight excluding hydrogens is 457 g/mol. The number of carboxylic acid groups (broad SMARTS) is 2. The number of hydrogen-bond donors (Lipinski definition) is 2. The van der Waals surface area contributed by atoms with E-state index in [9.17, 15) is 57.9 Å². The Balaban J connectivity index is 3.47. The molecular formula is C14H5F11O5. The maximum atomic E-state index is 13.5. The van der Waals surface area contributed by atoms with Gasteiger partial charge in [0.15, 0.2) is 0 Å². The molecule has 0 atom stereocenters. The third-order valence-electron chi connectivity index (χ3n) is 3.20. The Morgan fingerprint density at radius 3 is 1.47 bits per heavy atom. The van der Waals surface area contributed by atoms with Crippen LogP contribution in [0.3, 0.4) is 0 Å². The number of carbonyl (C=O) groups is 2. The zero-order valence-corrected chi connectivity index (χ0v) is 13.5. The smallest absolute Gasteiger partial charge is 0.460 e. The lowest BCUT2D eigenvalue weighted by Gasteiger charge is -2.32. The largest absolute Gasteiger partial charge is 0.478 e. The maximum Gasteiger partial charge on any atom is 0.460 e. The highest BCUT2D eigenvalue weighted by Gasteiger charge is 2.83. The van der Waals surface area contributed by atoms with E-state index < -0.39 is 64.6 Å². The van der Waals surface area contributed by atoms with Crippen LogP contribution in [0.4, 0.5) is 48.3 Å². The molecule has 0 aliphatic rings. The molecule has 0 saturated carbocycles. The number of carboxylic acids is 2. The van der Waals surface area contributed by atoms with Gasteiger partial charge in [-0.1, -0.05) is 0 Å². The van der Waals surface area contributed by atoms with Crippen LogP contribution >= 0.6 is 0 Å². The first-order valence-electron chi connectivity index (χ1n) is 6.82. The average Bonchev–Trinajstić information content (AvgIpc) is 2.59. The van der Waals surface area contributed by atoms with E-state index in [1.807, 2.05) is 0 Å². The fourth-order valence-electron chi connectivity index (χ4n) is 1.69. The Bertz CT molecular complexity index is 857. The molecule has 0 aliphatic carbocycles. The van der Waals surface area contributed by atoms with Crippen molar-refractivity contribution < 1.29 is 72.8 Å². The van der Waals surface area contributed by atoms with E-state index in [1.165, 1.54) is 0 Å². The van der Waals surface area contributed by atoms with E-state index in [4.69, 9.17) is 10.2 Å². The molecule has 0 heterocycles. The Labute approximate surface area is 157 Å². The minimum Gasteiger partial charge on any atom is -0.478 e. The molecule has 1 rings (SSSR count). The van der Waals surface area contributed by atoms with Gasteiger partial charge < -0.3 is 14.9 Å².